The van der Waals surface area contributed by atoms with Gasteiger partial charge in [0.1, 0.15) is 5.66 Å². The molecule has 1 atom stereocenters. The lowest BCUT2D eigenvalue weighted by Crippen LogP contribution is -2.58. The van der Waals surface area contributed by atoms with E-state index in [0.717, 1.165) is 59.2 Å². The fraction of sp³-hybridized carbons (Fsp3) is 0.364. The van der Waals surface area contributed by atoms with Gasteiger partial charge in [-0.15, -0.1) is 11.3 Å². The van der Waals surface area contributed by atoms with Crippen molar-refractivity contribution in [3.05, 3.63) is 58.9 Å². The second-order valence-electron chi connectivity index (χ2n) is 8.29. The van der Waals surface area contributed by atoms with Gasteiger partial charge in [0.15, 0.2) is 5.82 Å². The van der Waals surface area contributed by atoms with E-state index in [0.29, 0.717) is 12.0 Å². The van der Waals surface area contributed by atoms with Gasteiger partial charge >= 0.3 is 0 Å². The average molecular weight is 422 g/mol. The summed E-state index contributed by atoms with van der Waals surface area (Å²) in [6.07, 6.45) is 9.84. The Labute approximate surface area is 180 Å². The largest absolute Gasteiger partial charge is 0.353 e. The molecule has 7 nitrogen and oxygen atoms in total. The standard InChI is InChI=1S/C22H27N7S/c1-14-26-20(13-30-14)15-2-8-18(9-3-15)27-19-12-22(24,16-4-6-17(23)7-5-16)28-29-11-10-25-21(19)29/h2-3,8-13,16-17,27-28H,4-7,23-24H2,1H3. The fourth-order valence-electron chi connectivity index (χ4n) is 4.41. The molecular formula is C22H27N7S. The molecule has 3 heterocycles. The molecule has 1 saturated carbocycles. The Hall–Kier alpha value is -2.68. The van der Waals surface area contributed by atoms with Crippen LogP contribution in [-0.2, 0) is 0 Å². The molecule has 2 aliphatic rings. The van der Waals surface area contributed by atoms with Crippen LogP contribution >= 0.6 is 11.3 Å². The smallest absolute Gasteiger partial charge is 0.174 e. The first-order valence-corrected chi connectivity index (χ1v) is 11.3. The number of rotatable bonds is 4. The lowest BCUT2D eigenvalue weighted by atomic mass is 9.78. The van der Waals surface area contributed by atoms with Gasteiger partial charge in [0, 0.05) is 41.0 Å². The molecule has 1 aliphatic heterocycles. The third-order valence-corrected chi connectivity index (χ3v) is 6.88. The quantitative estimate of drug-likeness (QED) is 0.514. The normalized spacial score (nSPS) is 25.9. The van der Waals surface area contributed by atoms with Crippen LogP contribution in [0, 0.1) is 12.8 Å². The highest BCUT2D eigenvalue weighted by molar-refractivity contribution is 7.09. The summed E-state index contributed by atoms with van der Waals surface area (Å²) in [7, 11) is 0. The van der Waals surface area contributed by atoms with E-state index in [-0.39, 0.29) is 0 Å². The van der Waals surface area contributed by atoms with Crippen LogP contribution < -0.4 is 22.2 Å². The van der Waals surface area contributed by atoms with Crippen LogP contribution in [0.5, 0.6) is 0 Å². The first kappa shape index (κ1) is 19.3. The number of imidazole rings is 1. The molecule has 3 aromatic rings. The Balaban J connectivity index is 1.41. The lowest BCUT2D eigenvalue weighted by Gasteiger charge is -2.42. The molecule has 1 unspecified atom stereocenters. The second-order valence-corrected chi connectivity index (χ2v) is 9.35. The van der Waals surface area contributed by atoms with Crippen molar-refractivity contribution in [2.24, 2.45) is 17.4 Å². The molecule has 30 heavy (non-hydrogen) atoms. The van der Waals surface area contributed by atoms with E-state index in [1.54, 1.807) is 17.5 Å². The molecule has 1 aromatic carbocycles. The SMILES string of the molecule is Cc1nc(-c2ccc(NC3=CC(N)(C4CCC(N)CC4)Nn4ccnc43)cc2)cs1. The van der Waals surface area contributed by atoms with Crippen LogP contribution in [0.4, 0.5) is 5.69 Å². The predicted molar refractivity (Wildman–Crippen MR) is 122 cm³/mol. The second kappa shape index (κ2) is 7.54. The van der Waals surface area contributed by atoms with Crippen molar-refractivity contribution in [1.29, 1.82) is 0 Å². The monoisotopic (exact) mass is 421 g/mol. The number of hydrogen-bond donors (Lipinski definition) is 4. The number of aryl methyl sites for hydroxylation is 1. The summed E-state index contributed by atoms with van der Waals surface area (Å²) >= 11 is 1.66. The van der Waals surface area contributed by atoms with E-state index >= 15 is 0 Å². The van der Waals surface area contributed by atoms with Crippen LogP contribution in [0.3, 0.4) is 0 Å². The zero-order valence-electron chi connectivity index (χ0n) is 17.0. The third-order valence-electron chi connectivity index (χ3n) is 6.10. The maximum Gasteiger partial charge on any atom is 0.174 e. The minimum Gasteiger partial charge on any atom is -0.353 e. The van der Waals surface area contributed by atoms with Crippen LogP contribution in [0.15, 0.2) is 48.1 Å². The molecule has 1 aliphatic carbocycles. The zero-order valence-corrected chi connectivity index (χ0v) is 17.8. The molecule has 0 amide bonds. The lowest BCUT2D eigenvalue weighted by molar-refractivity contribution is 0.239. The number of thiazole rings is 1. The van der Waals surface area contributed by atoms with Gasteiger partial charge in [0.05, 0.1) is 16.4 Å². The van der Waals surface area contributed by atoms with Gasteiger partial charge in [0.2, 0.25) is 0 Å². The maximum absolute atomic E-state index is 6.88. The van der Waals surface area contributed by atoms with Gasteiger partial charge in [-0.1, -0.05) is 12.1 Å². The van der Waals surface area contributed by atoms with Crippen LogP contribution in [0.1, 0.15) is 36.5 Å². The van der Waals surface area contributed by atoms with Crippen molar-refractivity contribution < 1.29 is 0 Å². The highest BCUT2D eigenvalue weighted by atomic mass is 32.1. The topological polar surface area (TPSA) is 107 Å². The minimum absolute atomic E-state index is 0.291. The number of nitrogens with two attached hydrogens (primary N) is 2. The number of hydrogen-bond acceptors (Lipinski definition) is 7. The molecule has 5 rings (SSSR count). The Morgan fingerprint density at radius 1 is 1.20 bits per heavy atom. The van der Waals surface area contributed by atoms with E-state index < -0.39 is 5.66 Å². The zero-order chi connectivity index (χ0) is 20.7. The summed E-state index contributed by atoms with van der Waals surface area (Å²) in [6, 6.07) is 8.60. The number of nitrogens with zero attached hydrogens (tertiary/aromatic N) is 3. The molecule has 156 valence electrons. The minimum atomic E-state index is -0.645. The molecule has 0 radical (unpaired) electrons. The van der Waals surface area contributed by atoms with Crippen molar-refractivity contribution in [2.45, 2.75) is 44.3 Å². The van der Waals surface area contributed by atoms with Gasteiger partial charge in [-0.3, -0.25) is 0 Å². The molecular weight excluding hydrogens is 394 g/mol. The molecule has 2 aromatic heterocycles. The number of anilines is 1. The number of fused-ring (bicyclic) bond motifs is 1. The highest BCUT2D eigenvalue weighted by Gasteiger charge is 2.39. The Bertz CT molecular complexity index is 1060. The van der Waals surface area contributed by atoms with Crippen molar-refractivity contribution >= 4 is 22.7 Å². The van der Waals surface area contributed by atoms with Crippen molar-refractivity contribution in [1.82, 2.24) is 14.6 Å². The number of aromatic nitrogens is 3. The van der Waals surface area contributed by atoms with E-state index in [1.165, 1.54) is 0 Å². The first-order chi connectivity index (χ1) is 14.5. The van der Waals surface area contributed by atoms with Crippen molar-refractivity contribution in [3.8, 4) is 11.3 Å². The van der Waals surface area contributed by atoms with Gasteiger partial charge in [-0.2, -0.15) is 0 Å². The Kier molecular flexibility index (Phi) is 4.85. The summed E-state index contributed by atoms with van der Waals surface area (Å²) in [4.78, 5) is 9.08. The molecule has 0 spiro atoms. The van der Waals surface area contributed by atoms with Gasteiger partial charge in [-0.05, 0) is 50.8 Å². The molecule has 8 heteroatoms. The van der Waals surface area contributed by atoms with Gasteiger partial charge < -0.3 is 22.2 Å². The van der Waals surface area contributed by atoms with E-state index in [9.17, 15) is 0 Å². The van der Waals surface area contributed by atoms with E-state index in [4.69, 9.17) is 11.5 Å². The summed E-state index contributed by atoms with van der Waals surface area (Å²) in [5.41, 5.74) is 19.8. The Morgan fingerprint density at radius 3 is 2.67 bits per heavy atom. The summed E-state index contributed by atoms with van der Waals surface area (Å²) in [5.74, 6) is 1.14. The summed E-state index contributed by atoms with van der Waals surface area (Å²) in [6.45, 7) is 2.02. The average Bonchev–Trinajstić information content (AvgIpc) is 3.38. The molecule has 1 fully saturated rings. The molecule has 0 bridgehead atoms. The number of nitrogens with one attached hydrogen (secondary N) is 2. The molecule has 6 N–H and O–H groups in total. The fourth-order valence-corrected chi connectivity index (χ4v) is 5.03. The third kappa shape index (κ3) is 3.62. The predicted octanol–water partition coefficient (Wildman–Crippen LogP) is 3.50. The molecule has 0 saturated heterocycles. The maximum atomic E-state index is 6.88. The summed E-state index contributed by atoms with van der Waals surface area (Å²) < 4.78 is 1.92. The Morgan fingerprint density at radius 2 is 1.97 bits per heavy atom. The van der Waals surface area contributed by atoms with Gasteiger partial charge in [-0.25, -0.2) is 14.6 Å². The van der Waals surface area contributed by atoms with Crippen LogP contribution in [-0.4, -0.2) is 26.3 Å². The van der Waals surface area contributed by atoms with E-state index in [1.807, 2.05) is 17.8 Å². The highest BCUT2D eigenvalue weighted by Crippen LogP contribution is 2.35. The van der Waals surface area contributed by atoms with E-state index in [2.05, 4.69) is 56.4 Å². The first-order valence-electron chi connectivity index (χ1n) is 10.4. The van der Waals surface area contributed by atoms with Crippen LogP contribution in [0.25, 0.3) is 17.0 Å². The van der Waals surface area contributed by atoms with Gasteiger partial charge in [0.25, 0.3) is 0 Å². The van der Waals surface area contributed by atoms with Crippen molar-refractivity contribution in [3.63, 3.8) is 0 Å². The van der Waals surface area contributed by atoms with Crippen LogP contribution in [0.2, 0.25) is 0 Å². The van der Waals surface area contributed by atoms with Crippen molar-refractivity contribution in [2.75, 3.05) is 10.7 Å². The number of benzene rings is 1. The summed E-state index contributed by atoms with van der Waals surface area (Å²) in [5, 5.41) is 6.68.